The minimum absolute atomic E-state index is 0.0147. The Morgan fingerprint density at radius 3 is 2.53 bits per heavy atom. The lowest BCUT2D eigenvalue weighted by Crippen LogP contribution is -2.24. The number of sulfone groups is 1. The zero-order valence-electron chi connectivity index (χ0n) is 16.6. The fourth-order valence-corrected chi connectivity index (χ4v) is 4.48. The van der Waals surface area contributed by atoms with Crippen molar-refractivity contribution in [2.75, 3.05) is 17.7 Å². The van der Waals surface area contributed by atoms with Gasteiger partial charge in [0.2, 0.25) is 5.91 Å². The van der Waals surface area contributed by atoms with Crippen molar-refractivity contribution in [3.63, 3.8) is 0 Å². The molecule has 1 aromatic heterocycles. The first-order chi connectivity index (χ1) is 14.3. The molecule has 1 N–H and O–H groups in total. The summed E-state index contributed by atoms with van der Waals surface area (Å²) in [6, 6.07) is 14.4. The molecule has 1 aliphatic heterocycles. The average Bonchev–Trinajstić information content (AvgIpc) is 3.29. The molecule has 30 heavy (non-hydrogen) atoms. The summed E-state index contributed by atoms with van der Waals surface area (Å²) in [5.74, 6) is -0.602. The summed E-state index contributed by atoms with van der Waals surface area (Å²) in [6.45, 7) is 0.979. The lowest BCUT2D eigenvalue weighted by atomic mass is 10.1. The van der Waals surface area contributed by atoms with E-state index in [0.29, 0.717) is 23.0 Å². The molecule has 1 fully saturated rings. The van der Waals surface area contributed by atoms with Crippen LogP contribution in [0.2, 0.25) is 0 Å². The fourth-order valence-electron chi connectivity index (χ4n) is 3.67. The maximum atomic E-state index is 12.8. The Kier molecular flexibility index (Phi) is 5.34. The van der Waals surface area contributed by atoms with E-state index < -0.39 is 15.7 Å². The number of hydrogen-bond donors (Lipinski definition) is 1. The van der Waals surface area contributed by atoms with E-state index in [1.165, 1.54) is 0 Å². The van der Waals surface area contributed by atoms with Crippen LogP contribution in [0, 0.1) is 0 Å². The summed E-state index contributed by atoms with van der Waals surface area (Å²) in [6.07, 6.45) is 2.57. The summed E-state index contributed by atoms with van der Waals surface area (Å²) in [4.78, 5) is 26.4. The molecule has 0 radical (unpaired) electrons. The fraction of sp³-hybridized carbons (Fsp3) is 0.273. The molecule has 0 unspecified atom stereocenters. The topological polar surface area (TPSA) is 96.7 Å². The summed E-state index contributed by atoms with van der Waals surface area (Å²) < 4.78 is 29.4. The summed E-state index contributed by atoms with van der Waals surface area (Å²) in [5.41, 5.74) is 2.55. The van der Waals surface area contributed by atoms with Crippen molar-refractivity contribution in [2.24, 2.45) is 0 Å². The Bertz CT molecular complexity index is 1210. The van der Waals surface area contributed by atoms with Gasteiger partial charge < -0.3 is 14.6 Å². The third-order valence-corrected chi connectivity index (χ3v) is 5.90. The van der Waals surface area contributed by atoms with Crippen molar-refractivity contribution < 1.29 is 22.4 Å². The molecule has 1 saturated heterocycles. The zero-order chi connectivity index (χ0) is 21.3. The third-order valence-electron chi connectivity index (χ3n) is 5.09. The van der Waals surface area contributed by atoms with Crippen molar-refractivity contribution in [3.05, 3.63) is 65.4 Å². The molecule has 1 aliphatic rings. The molecule has 8 heteroatoms. The molecule has 3 aromatic rings. The Hall–Kier alpha value is -3.13. The minimum Gasteiger partial charge on any atom is -0.451 e. The van der Waals surface area contributed by atoms with Crippen LogP contribution in [0.3, 0.4) is 0 Å². The second-order valence-electron chi connectivity index (χ2n) is 7.47. The number of fused-ring (bicyclic) bond motifs is 1. The highest BCUT2D eigenvalue weighted by molar-refractivity contribution is 7.89. The van der Waals surface area contributed by atoms with Crippen LogP contribution in [0.15, 0.2) is 52.9 Å². The lowest BCUT2D eigenvalue weighted by molar-refractivity contribution is -0.117. The van der Waals surface area contributed by atoms with Gasteiger partial charge in [0, 0.05) is 42.4 Å². The molecule has 7 nitrogen and oxygen atoms in total. The molecule has 0 aliphatic carbocycles. The molecule has 0 spiro atoms. The van der Waals surface area contributed by atoms with Crippen LogP contribution in [0.4, 0.5) is 5.69 Å². The Balaban J connectivity index is 1.51. The number of nitrogens with one attached hydrogen (secondary N) is 1. The van der Waals surface area contributed by atoms with Crippen LogP contribution in [0.1, 0.15) is 34.5 Å². The Morgan fingerprint density at radius 1 is 1.13 bits per heavy atom. The minimum atomic E-state index is -3.35. The third kappa shape index (κ3) is 4.23. The Morgan fingerprint density at radius 2 is 1.87 bits per heavy atom. The number of hydrogen-bond acceptors (Lipinski definition) is 5. The van der Waals surface area contributed by atoms with Crippen LogP contribution in [0.25, 0.3) is 11.0 Å². The number of nitrogens with zero attached hydrogens (tertiary/aromatic N) is 1. The number of anilines is 1. The van der Waals surface area contributed by atoms with Gasteiger partial charge in [-0.05, 0) is 30.2 Å². The van der Waals surface area contributed by atoms with E-state index >= 15 is 0 Å². The normalized spacial score (nSPS) is 14.4. The van der Waals surface area contributed by atoms with Crippen LogP contribution >= 0.6 is 0 Å². The van der Waals surface area contributed by atoms with Crippen LogP contribution < -0.4 is 10.2 Å². The number of rotatable bonds is 6. The van der Waals surface area contributed by atoms with E-state index in [-0.39, 0.29) is 24.0 Å². The largest absolute Gasteiger partial charge is 0.451 e. The first-order valence-electron chi connectivity index (χ1n) is 9.67. The van der Waals surface area contributed by atoms with E-state index in [1.54, 1.807) is 29.2 Å². The molecule has 0 bridgehead atoms. The van der Waals surface area contributed by atoms with Gasteiger partial charge in [0.1, 0.15) is 5.58 Å². The molecule has 2 heterocycles. The Labute approximate surface area is 174 Å². The highest BCUT2D eigenvalue weighted by atomic mass is 32.2. The van der Waals surface area contributed by atoms with Gasteiger partial charge in [-0.15, -0.1) is 0 Å². The van der Waals surface area contributed by atoms with Crippen LogP contribution in [-0.2, 0) is 26.9 Å². The molecule has 0 atom stereocenters. The second-order valence-corrected chi connectivity index (χ2v) is 9.61. The van der Waals surface area contributed by atoms with Gasteiger partial charge in [-0.25, -0.2) is 8.42 Å². The number of carbonyl (C=O) groups excluding carboxylic acids is 2. The van der Waals surface area contributed by atoms with Crippen LogP contribution in [0.5, 0.6) is 0 Å². The molecular formula is C22H22N2O5S. The van der Waals surface area contributed by atoms with Crippen molar-refractivity contribution in [2.45, 2.75) is 25.1 Å². The van der Waals surface area contributed by atoms with E-state index in [2.05, 4.69) is 5.32 Å². The van der Waals surface area contributed by atoms with Crippen molar-refractivity contribution in [1.82, 2.24) is 5.32 Å². The highest BCUT2D eigenvalue weighted by Gasteiger charge is 2.24. The first-order valence-corrected chi connectivity index (χ1v) is 11.7. The van der Waals surface area contributed by atoms with Gasteiger partial charge in [-0.3, -0.25) is 9.59 Å². The average molecular weight is 426 g/mol. The zero-order valence-corrected chi connectivity index (χ0v) is 17.4. The van der Waals surface area contributed by atoms with Gasteiger partial charge in [0.25, 0.3) is 5.91 Å². The predicted molar refractivity (Wildman–Crippen MR) is 114 cm³/mol. The van der Waals surface area contributed by atoms with Crippen molar-refractivity contribution >= 4 is 38.3 Å². The molecule has 0 saturated carbocycles. The SMILES string of the molecule is CS(=O)(=O)Cc1c(C(=O)NCc2ccc(N3CCCC3=O)cc2)oc2ccccc12. The van der Waals surface area contributed by atoms with E-state index in [0.717, 1.165) is 30.5 Å². The molecule has 2 aromatic carbocycles. The number of furan rings is 1. The monoisotopic (exact) mass is 426 g/mol. The van der Waals surface area contributed by atoms with E-state index in [9.17, 15) is 18.0 Å². The van der Waals surface area contributed by atoms with Gasteiger partial charge >= 0.3 is 0 Å². The van der Waals surface area contributed by atoms with E-state index in [4.69, 9.17) is 4.42 Å². The first kappa shape index (κ1) is 20.2. The maximum Gasteiger partial charge on any atom is 0.287 e. The number of carbonyl (C=O) groups is 2. The summed E-state index contributed by atoms with van der Waals surface area (Å²) in [7, 11) is -3.35. The lowest BCUT2D eigenvalue weighted by Gasteiger charge is -2.16. The van der Waals surface area contributed by atoms with Crippen LogP contribution in [-0.4, -0.2) is 33.0 Å². The number of para-hydroxylation sites is 1. The predicted octanol–water partition coefficient (Wildman–Crippen LogP) is 3.03. The second kappa shape index (κ2) is 7.95. The quantitative estimate of drug-likeness (QED) is 0.654. The van der Waals surface area contributed by atoms with Crippen molar-refractivity contribution in [1.29, 1.82) is 0 Å². The van der Waals surface area contributed by atoms with Gasteiger partial charge in [-0.1, -0.05) is 30.3 Å². The van der Waals surface area contributed by atoms with Crippen molar-refractivity contribution in [3.8, 4) is 0 Å². The van der Waals surface area contributed by atoms with Gasteiger partial charge in [0.15, 0.2) is 15.6 Å². The summed E-state index contributed by atoms with van der Waals surface area (Å²) in [5, 5.41) is 3.41. The van der Waals surface area contributed by atoms with Gasteiger partial charge in [0.05, 0.1) is 5.75 Å². The number of benzene rings is 2. The molecule has 156 valence electrons. The standard InChI is InChI=1S/C22H22N2O5S/c1-30(27,28)14-18-17-5-2-3-6-19(17)29-21(18)22(26)23-13-15-8-10-16(11-9-15)24-12-4-7-20(24)25/h2-3,5-6,8-11H,4,7,12-14H2,1H3,(H,23,26). The van der Waals surface area contributed by atoms with E-state index in [1.807, 2.05) is 24.3 Å². The number of amides is 2. The molecule has 4 rings (SSSR count). The highest BCUT2D eigenvalue weighted by Crippen LogP contribution is 2.28. The molecule has 2 amide bonds. The van der Waals surface area contributed by atoms with Gasteiger partial charge in [-0.2, -0.15) is 0 Å². The summed E-state index contributed by atoms with van der Waals surface area (Å²) >= 11 is 0. The molecular weight excluding hydrogens is 404 g/mol. The smallest absolute Gasteiger partial charge is 0.287 e. The maximum absolute atomic E-state index is 12.8.